The van der Waals surface area contributed by atoms with Gasteiger partial charge in [-0.05, 0) is 31.4 Å². The number of aliphatic hydroxyl groups is 1. The first-order valence-corrected chi connectivity index (χ1v) is 11.2. The molecule has 3 unspecified atom stereocenters. The van der Waals surface area contributed by atoms with Crippen molar-refractivity contribution in [3.8, 4) is 0 Å². The molecule has 0 amide bonds. The van der Waals surface area contributed by atoms with Crippen molar-refractivity contribution in [2.75, 3.05) is 51.6 Å². The minimum Gasteiger partial charge on any atom is -0.387 e. The Labute approximate surface area is 163 Å². The fraction of sp³-hybridized carbons (Fsp3) is 0.947. The van der Waals surface area contributed by atoms with E-state index in [1.807, 2.05) is 11.8 Å². The summed E-state index contributed by atoms with van der Waals surface area (Å²) in [5, 5.41) is 17.7. The summed E-state index contributed by atoms with van der Waals surface area (Å²) >= 11 is 1.85. The molecule has 2 fully saturated rings. The molecule has 0 aromatic heterocycles. The van der Waals surface area contributed by atoms with Crippen molar-refractivity contribution in [3.63, 3.8) is 0 Å². The molecule has 6 nitrogen and oxygen atoms in total. The van der Waals surface area contributed by atoms with Crippen molar-refractivity contribution in [2.45, 2.75) is 57.5 Å². The predicted octanol–water partition coefficient (Wildman–Crippen LogP) is 1.54. The molecule has 0 radical (unpaired) electrons. The Morgan fingerprint density at radius 3 is 2.81 bits per heavy atom. The molecule has 2 rings (SSSR count). The smallest absolute Gasteiger partial charge is 0.191 e. The lowest BCUT2D eigenvalue weighted by atomic mass is 9.79. The van der Waals surface area contributed by atoms with Crippen LogP contribution < -0.4 is 10.6 Å². The third kappa shape index (κ3) is 6.59. The average molecular weight is 387 g/mol. The van der Waals surface area contributed by atoms with E-state index >= 15 is 0 Å². The average Bonchev–Trinajstić information content (AvgIpc) is 2.60. The molecule has 1 aliphatic heterocycles. The van der Waals surface area contributed by atoms with Gasteiger partial charge in [0.05, 0.1) is 24.9 Å². The summed E-state index contributed by atoms with van der Waals surface area (Å²) in [5.41, 5.74) is -0.640. The third-order valence-corrected chi connectivity index (χ3v) is 6.42. The lowest BCUT2D eigenvalue weighted by Gasteiger charge is -2.44. The molecule has 2 aliphatic rings. The highest BCUT2D eigenvalue weighted by atomic mass is 32.2. The number of nitrogens with zero attached hydrogens (tertiary/aromatic N) is 2. The van der Waals surface area contributed by atoms with Crippen LogP contribution in [0.15, 0.2) is 4.99 Å². The van der Waals surface area contributed by atoms with Crippen molar-refractivity contribution in [1.82, 2.24) is 15.5 Å². The Morgan fingerprint density at radius 1 is 1.38 bits per heavy atom. The van der Waals surface area contributed by atoms with Crippen LogP contribution in [-0.4, -0.2) is 84.5 Å². The summed E-state index contributed by atoms with van der Waals surface area (Å²) in [6.07, 6.45) is 2.13. The van der Waals surface area contributed by atoms with Gasteiger partial charge in [0.25, 0.3) is 0 Å². The van der Waals surface area contributed by atoms with Gasteiger partial charge in [-0.1, -0.05) is 20.8 Å². The summed E-state index contributed by atoms with van der Waals surface area (Å²) < 4.78 is 5.91. The fourth-order valence-corrected chi connectivity index (χ4v) is 4.76. The summed E-state index contributed by atoms with van der Waals surface area (Å²) in [5.74, 6) is 2.50. The Hall–Kier alpha value is -0.500. The van der Waals surface area contributed by atoms with E-state index in [0.717, 1.165) is 63.9 Å². The molecule has 3 N–H and O–H groups in total. The molecule has 1 heterocycles. The molecule has 1 saturated heterocycles. The van der Waals surface area contributed by atoms with E-state index < -0.39 is 5.60 Å². The largest absolute Gasteiger partial charge is 0.387 e. The molecule has 1 saturated carbocycles. The van der Waals surface area contributed by atoms with Crippen LogP contribution >= 0.6 is 11.8 Å². The Balaban J connectivity index is 1.81. The Morgan fingerprint density at radius 2 is 2.19 bits per heavy atom. The second-order valence-corrected chi connectivity index (χ2v) is 9.29. The number of nitrogens with one attached hydrogen (secondary N) is 2. The van der Waals surface area contributed by atoms with E-state index in [0.29, 0.717) is 17.7 Å². The van der Waals surface area contributed by atoms with Gasteiger partial charge in [0, 0.05) is 38.0 Å². The molecular formula is C19H38N4O2S. The molecule has 0 aromatic carbocycles. The fourth-order valence-electron chi connectivity index (χ4n) is 3.57. The Kier molecular flexibility index (Phi) is 9.00. The van der Waals surface area contributed by atoms with E-state index in [-0.39, 0.29) is 6.10 Å². The zero-order valence-electron chi connectivity index (χ0n) is 17.0. The maximum Gasteiger partial charge on any atom is 0.191 e. The second-order valence-electron chi connectivity index (χ2n) is 7.81. The zero-order chi connectivity index (χ0) is 19.0. The van der Waals surface area contributed by atoms with Crippen molar-refractivity contribution in [3.05, 3.63) is 0 Å². The lowest BCUT2D eigenvalue weighted by molar-refractivity contribution is -0.0285. The van der Waals surface area contributed by atoms with Crippen molar-refractivity contribution in [1.29, 1.82) is 0 Å². The van der Waals surface area contributed by atoms with Crippen LogP contribution in [-0.2, 0) is 4.74 Å². The molecule has 1 aliphatic carbocycles. The van der Waals surface area contributed by atoms with Crippen molar-refractivity contribution < 1.29 is 9.84 Å². The van der Waals surface area contributed by atoms with Crippen LogP contribution in [0, 0.1) is 5.92 Å². The maximum absolute atomic E-state index is 10.7. The van der Waals surface area contributed by atoms with Gasteiger partial charge in [0.1, 0.15) is 0 Å². The highest BCUT2D eigenvalue weighted by molar-refractivity contribution is 8.00. The number of morpholine rings is 1. The molecule has 0 spiro atoms. The van der Waals surface area contributed by atoms with Crippen LogP contribution in [0.25, 0.3) is 0 Å². The van der Waals surface area contributed by atoms with Crippen molar-refractivity contribution in [2.24, 2.45) is 10.9 Å². The first-order valence-electron chi connectivity index (χ1n) is 10.2. The van der Waals surface area contributed by atoms with Gasteiger partial charge in [-0.2, -0.15) is 11.8 Å². The first-order chi connectivity index (χ1) is 12.5. The third-order valence-electron chi connectivity index (χ3n) is 5.01. The quantitative estimate of drug-likeness (QED) is 0.413. The van der Waals surface area contributed by atoms with E-state index in [9.17, 15) is 5.11 Å². The minimum absolute atomic E-state index is 0.182. The SMILES string of the molecule is CCNC(=NCC1(O)CCC1SCC)NCC1CN(CC(C)C)CCO1. The first kappa shape index (κ1) is 21.8. The molecular weight excluding hydrogens is 348 g/mol. The maximum atomic E-state index is 10.7. The van der Waals surface area contributed by atoms with Gasteiger partial charge in [-0.25, -0.2) is 0 Å². The van der Waals surface area contributed by atoms with Gasteiger partial charge in [-0.3, -0.25) is 9.89 Å². The number of rotatable bonds is 9. The molecule has 7 heteroatoms. The number of hydrogen-bond donors (Lipinski definition) is 3. The standard InChI is InChI=1S/C19H38N4O2S/c1-5-20-18(22-14-19(24)8-7-17(19)26-6-2)21-11-16-13-23(9-10-25-16)12-15(3)4/h15-17,24H,5-14H2,1-4H3,(H2,20,21,22). The number of hydrogen-bond acceptors (Lipinski definition) is 5. The van der Waals surface area contributed by atoms with Gasteiger partial charge in [0.2, 0.25) is 0 Å². The summed E-state index contributed by atoms with van der Waals surface area (Å²) in [7, 11) is 0. The van der Waals surface area contributed by atoms with Crippen LogP contribution in [0.1, 0.15) is 40.5 Å². The minimum atomic E-state index is -0.640. The van der Waals surface area contributed by atoms with Gasteiger partial charge in [0.15, 0.2) is 5.96 Å². The number of aliphatic imine (C=N–C) groups is 1. The summed E-state index contributed by atoms with van der Waals surface area (Å²) in [6, 6.07) is 0. The predicted molar refractivity (Wildman–Crippen MR) is 111 cm³/mol. The van der Waals surface area contributed by atoms with E-state index in [2.05, 4.69) is 48.2 Å². The molecule has 3 atom stereocenters. The normalized spacial score (nSPS) is 30.3. The van der Waals surface area contributed by atoms with Gasteiger partial charge in [-0.15, -0.1) is 0 Å². The van der Waals surface area contributed by atoms with E-state index in [1.165, 1.54) is 0 Å². The number of guanidine groups is 1. The monoisotopic (exact) mass is 386 g/mol. The molecule has 0 bridgehead atoms. The molecule has 0 aromatic rings. The second kappa shape index (κ2) is 10.7. The number of ether oxygens (including phenoxy) is 1. The number of thioether (sulfide) groups is 1. The van der Waals surface area contributed by atoms with Crippen LogP contribution in [0.5, 0.6) is 0 Å². The summed E-state index contributed by atoms with van der Waals surface area (Å²) in [4.78, 5) is 7.13. The molecule has 26 heavy (non-hydrogen) atoms. The zero-order valence-corrected chi connectivity index (χ0v) is 17.8. The Bertz CT molecular complexity index is 449. The summed E-state index contributed by atoms with van der Waals surface area (Å²) in [6.45, 7) is 14.6. The van der Waals surface area contributed by atoms with Gasteiger partial charge >= 0.3 is 0 Å². The lowest BCUT2D eigenvalue weighted by Crippen LogP contribution is -2.53. The highest BCUT2D eigenvalue weighted by Gasteiger charge is 2.45. The van der Waals surface area contributed by atoms with Crippen LogP contribution in [0.2, 0.25) is 0 Å². The van der Waals surface area contributed by atoms with E-state index in [4.69, 9.17) is 4.74 Å². The van der Waals surface area contributed by atoms with Crippen LogP contribution in [0.3, 0.4) is 0 Å². The van der Waals surface area contributed by atoms with Crippen LogP contribution in [0.4, 0.5) is 0 Å². The van der Waals surface area contributed by atoms with Crippen molar-refractivity contribution >= 4 is 17.7 Å². The molecule has 152 valence electrons. The van der Waals surface area contributed by atoms with E-state index in [1.54, 1.807) is 0 Å². The topological polar surface area (TPSA) is 69.1 Å². The van der Waals surface area contributed by atoms with Gasteiger partial charge < -0.3 is 20.5 Å². The highest BCUT2D eigenvalue weighted by Crippen LogP contribution is 2.41.